The van der Waals surface area contributed by atoms with Gasteiger partial charge in [0, 0.05) is 0 Å². The molecule has 0 aliphatic heterocycles. The van der Waals surface area contributed by atoms with Crippen LogP contribution in [-0.4, -0.2) is 0 Å². The Morgan fingerprint density at radius 3 is 2.28 bits per heavy atom. The van der Waals surface area contributed by atoms with E-state index in [0.717, 1.165) is 5.92 Å². The number of hydrogen-bond donors (Lipinski definition) is 0. The maximum absolute atomic E-state index is 12.9. The van der Waals surface area contributed by atoms with E-state index in [1.165, 1.54) is 56.9 Å². The molecular weight excluding hydrogens is 223 g/mol. The van der Waals surface area contributed by atoms with Crippen LogP contribution < -0.4 is 0 Å². The fourth-order valence-corrected chi connectivity index (χ4v) is 3.20. The molecule has 1 aromatic carbocycles. The molecule has 0 bridgehead atoms. The van der Waals surface area contributed by atoms with E-state index < -0.39 is 0 Å². The Kier molecular flexibility index (Phi) is 5.22. The minimum absolute atomic E-state index is 0.119. The third kappa shape index (κ3) is 3.83. The summed E-state index contributed by atoms with van der Waals surface area (Å²) in [4.78, 5) is 0. The van der Waals surface area contributed by atoms with Gasteiger partial charge in [0.15, 0.2) is 0 Å². The molecule has 2 rings (SSSR count). The van der Waals surface area contributed by atoms with Gasteiger partial charge in [-0.2, -0.15) is 0 Å². The predicted molar refractivity (Wildman–Crippen MR) is 75.2 cm³/mol. The molecule has 0 aromatic heterocycles. The van der Waals surface area contributed by atoms with Gasteiger partial charge in [-0.1, -0.05) is 44.7 Å². The molecule has 0 atom stereocenters. The first kappa shape index (κ1) is 13.6. The Morgan fingerprint density at radius 1 is 1.00 bits per heavy atom. The molecule has 1 aromatic rings. The molecule has 0 radical (unpaired) electrons. The summed E-state index contributed by atoms with van der Waals surface area (Å²) in [6.07, 6.45) is 10.9. The lowest BCUT2D eigenvalue weighted by Crippen LogP contribution is -2.13. The maximum atomic E-state index is 12.9. The van der Waals surface area contributed by atoms with Crippen LogP contribution in [-0.2, 0) is 0 Å². The smallest absolute Gasteiger partial charge is 0.123 e. The van der Waals surface area contributed by atoms with Crippen LogP contribution in [0.15, 0.2) is 24.3 Å². The largest absolute Gasteiger partial charge is 0.207 e. The molecule has 0 N–H and O–H groups in total. The number of hydrogen-bond acceptors (Lipinski definition) is 0. The minimum Gasteiger partial charge on any atom is -0.207 e. The average molecular weight is 248 g/mol. The second kappa shape index (κ2) is 6.92. The fourth-order valence-electron chi connectivity index (χ4n) is 3.20. The van der Waals surface area contributed by atoms with Gasteiger partial charge in [0.25, 0.3) is 0 Å². The molecule has 1 aliphatic carbocycles. The first-order chi connectivity index (χ1) is 8.79. The lowest BCUT2D eigenvalue weighted by atomic mass is 9.77. The third-order valence-corrected chi connectivity index (χ3v) is 4.40. The Labute approximate surface area is 111 Å². The van der Waals surface area contributed by atoms with Gasteiger partial charge in [0.1, 0.15) is 5.82 Å². The maximum Gasteiger partial charge on any atom is 0.123 e. The second-order valence-corrected chi connectivity index (χ2v) is 5.76. The molecule has 0 amide bonds. The summed E-state index contributed by atoms with van der Waals surface area (Å²) in [5.41, 5.74) is 1.34. The van der Waals surface area contributed by atoms with Crippen molar-refractivity contribution in [2.45, 2.75) is 64.2 Å². The summed E-state index contributed by atoms with van der Waals surface area (Å²) in [5.74, 6) is 1.51. The molecule has 1 saturated carbocycles. The summed E-state index contributed by atoms with van der Waals surface area (Å²) < 4.78 is 12.9. The Morgan fingerprint density at radius 2 is 1.67 bits per heavy atom. The molecule has 0 nitrogen and oxygen atoms in total. The standard InChI is InChI=1S/C17H25F/c1-2-3-4-5-14-6-8-15(9-7-14)16-10-12-17(18)13-11-16/h10-15H,2-9H2,1H3/t14-,15-. The van der Waals surface area contributed by atoms with E-state index in [1.807, 2.05) is 12.1 Å². The lowest BCUT2D eigenvalue weighted by Gasteiger charge is -2.28. The highest BCUT2D eigenvalue weighted by atomic mass is 19.1. The number of rotatable bonds is 5. The van der Waals surface area contributed by atoms with Crippen molar-refractivity contribution >= 4 is 0 Å². The Bertz CT molecular complexity index is 333. The number of unbranched alkanes of at least 4 members (excludes halogenated alkanes) is 2. The monoisotopic (exact) mass is 248 g/mol. The van der Waals surface area contributed by atoms with Gasteiger partial charge in [-0.05, 0) is 55.2 Å². The molecule has 18 heavy (non-hydrogen) atoms. The first-order valence-corrected chi connectivity index (χ1v) is 7.55. The summed E-state index contributed by atoms with van der Waals surface area (Å²) in [7, 11) is 0. The zero-order chi connectivity index (χ0) is 12.8. The summed E-state index contributed by atoms with van der Waals surface area (Å²) >= 11 is 0. The molecule has 1 aliphatic rings. The van der Waals surface area contributed by atoms with Crippen LogP contribution in [0.25, 0.3) is 0 Å². The molecule has 0 heterocycles. The summed E-state index contributed by atoms with van der Waals surface area (Å²) in [5, 5.41) is 0. The van der Waals surface area contributed by atoms with Gasteiger partial charge < -0.3 is 0 Å². The molecule has 0 unspecified atom stereocenters. The van der Waals surface area contributed by atoms with Crippen molar-refractivity contribution in [3.63, 3.8) is 0 Å². The van der Waals surface area contributed by atoms with Crippen LogP contribution in [0.5, 0.6) is 0 Å². The topological polar surface area (TPSA) is 0 Å². The highest BCUT2D eigenvalue weighted by Gasteiger charge is 2.21. The van der Waals surface area contributed by atoms with E-state index in [-0.39, 0.29) is 5.82 Å². The molecule has 1 fully saturated rings. The zero-order valence-electron chi connectivity index (χ0n) is 11.5. The van der Waals surface area contributed by atoms with Gasteiger partial charge in [0.2, 0.25) is 0 Å². The van der Waals surface area contributed by atoms with E-state index >= 15 is 0 Å². The summed E-state index contributed by atoms with van der Waals surface area (Å²) in [6.45, 7) is 2.27. The SMILES string of the molecule is CCCCC[C@H]1CC[C@H](c2ccc(F)cc2)CC1. The van der Waals surface area contributed by atoms with Crippen molar-refractivity contribution in [2.75, 3.05) is 0 Å². The number of benzene rings is 1. The van der Waals surface area contributed by atoms with Gasteiger partial charge in [0.05, 0.1) is 0 Å². The molecule has 0 saturated heterocycles. The molecule has 1 heteroatoms. The van der Waals surface area contributed by atoms with Gasteiger partial charge in [-0.3, -0.25) is 0 Å². The van der Waals surface area contributed by atoms with Crippen molar-refractivity contribution in [2.24, 2.45) is 5.92 Å². The Hall–Kier alpha value is -0.850. The van der Waals surface area contributed by atoms with Gasteiger partial charge >= 0.3 is 0 Å². The van der Waals surface area contributed by atoms with Crippen molar-refractivity contribution in [1.82, 2.24) is 0 Å². The highest BCUT2D eigenvalue weighted by Crippen LogP contribution is 2.37. The van der Waals surface area contributed by atoms with E-state index in [9.17, 15) is 4.39 Å². The quantitative estimate of drug-likeness (QED) is 0.588. The van der Waals surface area contributed by atoms with Gasteiger partial charge in [-0.15, -0.1) is 0 Å². The van der Waals surface area contributed by atoms with Crippen molar-refractivity contribution in [3.05, 3.63) is 35.6 Å². The van der Waals surface area contributed by atoms with Crippen LogP contribution in [0.1, 0.15) is 69.8 Å². The first-order valence-electron chi connectivity index (χ1n) is 7.55. The number of halogens is 1. The molecular formula is C17H25F. The van der Waals surface area contributed by atoms with Crippen LogP contribution in [0.3, 0.4) is 0 Å². The van der Waals surface area contributed by atoms with E-state index in [1.54, 1.807) is 12.1 Å². The summed E-state index contributed by atoms with van der Waals surface area (Å²) in [6, 6.07) is 7.14. The van der Waals surface area contributed by atoms with E-state index in [0.29, 0.717) is 5.92 Å². The third-order valence-electron chi connectivity index (χ3n) is 4.40. The predicted octanol–water partition coefficient (Wildman–Crippen LogP) is 5.68. The van der Waals surface area contributed by atoms with Gasteiger partial charge in [-0.25, -0.2) is 4.39 Å². The molecule has 0 spiro atoms. The van der Waals surface area contributed by atoms with E-state index in [2.05, 4.69) is 6.92 Å². The fraction of sp³-hybridized carbons (Fsp3) is 0.647. The van der Waals surface area contributed by atoms with Crippen LogP contribution in [0.4, 0.5) is 4.39 Å². The van der Waals surface area contributed by atoms with Crippen LogP contribution in [0.2, 0.25) is 0 Å². The van der Waals surface area contributed by atoms with Crippen molar-refractivity contribution in [1.29, 1.82) is 0 Å². The lowest BCUT2D eigenvalue weighted by molar-refractivity contribution is 0.302. The molecule has 100 valence electrons. The normalized spacial score (nSPS) is 24.1. The van der Waals surface area contributed by atoms with Crippen LogP contribution >= 0.6 is 0 Å². The Balaban J connectivity index is 1.77. The minimum atomic E-state index is -0.119. The van der Waals surface area contributed by atoms with Crippen molar-refractivity contribution in [3.8, 4) is 0 Å². The van der Waals surface area contributed by atoms with Crippen LogP contribution in [0, 0.1) is 11.7 Å². The van der Waals surface area contributed by atoms with Crippen molar-refractivity contribution < 1.29 is 4.39 Å². The zero-order valence-corrected chi connectivity index (χ0v) is 11.5. The van der Waals surface area contributed by atoms with E-state index in [4.69, 9.17) is 0 Å². The average Bonchev–Trinajstić information content (AvgIpc) is 2.41. The highest BCUT2D eigenvalue weighted by molar-refractivity contribution is 5.20. The second-order valence-electron chi connectivity index (χ2n) is 5.76.